The van der Waals surface area contributed by atoms with Gasteiger partial charge in [-0.05, 0) is 174 Å². The number of urea groups is 2. The maximum absolute atomic E-state index is 15.3. The van der Waals surface area contributed by atoms with Crippen molar-refractivity contribution in [1.82, 2.24) is 110 Å². The van der Waals surface area contributed by atoms with Crippen LogP contribution in [0.4, 0.5) is 9.59 Å². The zero-order chi connectivity index (χ0) is 111. The number of amides is 18. The molecule has 0 spiro atoms. The normalized spacial score (nSPS) is 14.5. The fourth-order valence-electron chi connectivity index (χ4n) is 15.9. The van der Waals surface area contributed by atoms with Gasteiger partial charge in [0, 0.05) is 111 Å². The number of guanidine groups is 5. The van der Waals surface area contributed by atoms with Crippen molar-refractivity contribution in [2.45, 2.75) is 226 Å². The molecule has 1 heterocycles. The van der Waals surface area contributed by atoms with Gasteiger partial charge in [0.1, 0.15) is 96.1 Å². The Morgan fingerprint density at radius 2 is 0.700 bits per heavy atom. The number of phenols is 2. The van der Waals surface area contributed by atoms with E-state index in [4.69, 9.17) is 72.5 Å². The minimum atomic E-state index is -1.80. The van der Waals surface area contributed by atoms with Crippen molar-refractivity contribution < 1.29 is 96.8 Å². The molecule has 0 aliphatic carbocycles. The van der Waals surface area contributed by atoms with Gasteiger partial charge in [0.2, 0.25) is 82.7 Å². The molecule has 14 atom stereocenters. The Labute approximate surface area is 878 Å². The van der Waals surface area contributed by atoms with Crippen molar-refractivity contribution in [1.29, 1.82) is 21.6 Å². The third kappa shape index (κ3) is 46.2. The SMILES string of the molecule is CN(C)C(=N[C@@H](CCCNC(=N)N)C(=O)N[C@@H](CCCNC(=N)N)C(=O)N[C@@H](Cc1ccc2ccccc2c1)C(=O)N[C@@H](CS)C(=O)N[C@@H](Cc1ccc(O)cc1)C(=O)N[C@@H](CCCNC(N)=O)C(=O)N[C@@H](CCCCN)C(=O)N[C@H](CCC(=O)O)C(=O)N1CCC[C@H]1C(=O)N[C@@H](Cc1ccc(O)cc1)C(=O)N[C@@H](CCCNC(=N)N)C(=O)N[C@@H](CCCNC(N)=O)C(=O)N[C@@H](CS)C(=O)N[C@@H](CCCNC(=N)N)C(N)=O)N(C)C. The first kappa shape index (κ1) is 125. The number of carboxylic acid groups (broad SMARTS) is 1. The van der Waals surface area contributed by atoms with E-state index in [1.54, 1.807) is 62.3 Å². The standard InChI is InChI=1S/C94H148N34O20S2/c1-126(2)94(127(3)4)125-65(24-12-42-110-91(103)104)80(139)116-63(21-11-41-109-90(101)102)78(137)120-69(49-54-26-31-55-16-5-6-17-56(55)46-54)83(142)124-71(51-150)85(144)121-67(47-52-27-32-57(129)33-28-52)81(140)117-62(22-13-43-111-92(105)147)75(134)114-60(18-7-8-38-95)77(136)119-66(36-37-73(131)132)87(146)128-45-15-25-72(128)86(145)122-68(48-53-29-34-58(130)35-30-53)82(141)118-61(20-10-40-108-89(99)100)76(135)115-64(23-14-44-112-93(106)148)79(138)123-70(50-149)84(143)113-59(74(96)133)19-9-39-107-88(97)98/h5-6,16-17,26-35,46,59-72,129-130,149-150H,7-15,18-25,36-45,47-51,95H2,1-4H3,(H2,96,133)(H,113,143)(H,114,134)(H,115,135)(H,116,139)(H,117,140)(H,118,141)(H,119,136)(H,120,137)(H,121,144)(H,122,145)(H,123,138)(H,124,142)(H,131,132)(H4,97,98,107)(H4,99,100,108)(H4,101,102,109)(H4,103,104,110)(H3,105,111,147)(H3,106,112,148)/t59-,60-,61-,62-,63-,64-,65-,66+,67-,68-,69-,70-,71-,72-/m0/s1. The molecule has 0 saturated carbocycles. The number of nitrogens with one attached hydrogen (secondary N) is 22. The number of fused-ring (bicyclic) bond motifs is 1. The molecule has 1 saturated heterocycles. The van der Waals surface area contributed by atoms with Crippen molar-refractivity contribution in [3.63, 3.8) is 0 Å². The van der Waals surface area contributed by atoms with Crippen LogP contribution in [-0.2, 0) is 91.2 Å². The topological polar surface area (TPSA) is 893 Å². The lowest BCUT2D eigenvalue weighted by Crippen LogP contribution is -2.61. The largest absolute Gasteiger partial charge is 0.508 e. The number of likely N-dealkylation sites (tertiary alicyclic amines) is 1. The molecule has 4 aromatic rings. The Morgan fingerprint density at radius 3 is 1.07 bits per heavy atom. The van der Waals surface area contributed by atoms with Crippen LogP contribution in [0.15, 0.2) is 96.0 Å². The maximum Gasteiger partial charge on any atom is 0.312 e. The molecule has 56 heteroatoms. The van der Waals surface area contributed by atoms with Crippen molar-refractivity contribution in [2.24, 2.45) is 50.9 Å². The Balaban J connectivity index is 1.49. The molecule has 1 aliphatic heterocycles. The van der Waals surface area contributed by atoms with Gasteiger partial charge in [0.25, 0.3) is 0 Å². The van der Waals surface area contributed by atoms with E-state index in [0.29, 0.717) is 22.6 Å². The number of aliphatic imine (C=N–C) groups is 1. The number of benzene rings is 4. The van der Waals surface area contributed by atoms with Crippen molar-refractivity contribution >= 4 is 167 Å². The first-order valence-electron chi connectivity index (χ1n) is 48.9. The van der Waals surface area contributed by atoms with E-state index in [9.17, 15) is 53.7 Å². The molecule has 1 fully saturated rings. The Bertz CT molecular complexity index is 5270. The van der Waals surface area contributed by atoms with Gasteiger partial charge in [-0.2, -0.15) is 25.3 Å². The van der Waals surface area contributed by atoms with Gasteiger partial charge in [-0.15, -0.1) is 0 Å². The molecule has 1 aliphatic rings. The molecule has 0 aromatic heterocycles. The molecule has 54 nitrogen and oxygen atoms in total. The lowest BCUT2D eigenvalue weighted by atomic mass is 10.00. The van der Waals surface area contributed by atoms with E-state index in [-0.39, 0.29) is 209 Å². The van der Waals surface area contributed by atoms with Gasteiger partial charge >= 0.3 is 18.0 Å². The fraction of sp³-hybridized carbons (Fsp3) is 0.532. The predicted octanol–water partition coefficient (Wildman–Crippen LogP) is -6.78. The summed E-state index contributed by atoms with van der Waals surface area (Å²) < 4.78 is 0. The van der Waals surface area contributed by atoms with E-state index in [2.05, 4.69) is 121 Å². The molecular weight excluding hydrogens is 1990 g/mol. The third-order valence-electron chi connectivity index (χ3n) is 23.6. The number of aliphatic carboxylic acids is 1. The molecule has 150 heavy (non-hydrogen) atoms. The second kappa shape index (κ2) is 65.8. The quantitative estimate of drug-likeness (QED) is 0.00845. The number of nitrogens with zero attached hydrogens (tertiary/aromatic N) is 4. The van der Waals surface area contributed by atoms with Crippen LogP contribution in [0.3, 0.4) is 0 Å². The summed E-state index contributed by atoms with van der Waals surface area (Å²) in [5, 5.41) is 110. The predicted molar refractivity (Wildman–Crippen MR) is 565 cm³/mol. The summed E-state index contributed by atoms with van der Waals surface area (Å²) in [5.74, 6) is -17.5. The van der Waals surface area contributed by atoms with Crippen molar-refractivity contribution in [2.75, 3.05) is 92.1 Å². The van der Waals surface area contributed by atoms with Crippen LogP contribution in [0.25, 0.3) is 10.8 Å². The number of rotatable bonds is 66. The molecule has 41 N–H and O–H groups in total. The van der Waals surface area contributed by atoms with Crippen LogP contribution in [0.1, 0.15) is 139 Å². The third-order valence-corrected chi connectivity index (χ3v) is 24.4. The van der Waals surface area contributed by atoms with E-state index >= 15 is 43.2 Å². The van der Waals surface area contributed by atoms with Crippen molar-refractivity contribution in [3.05, 3.63) is 108 Å². The number of nitrogens with two attached hydrogens (primary N) is 8. The highest BCUT2D eigenvalue weighted by Gasteiger charge is 2.43. The van der Waals surface area contributed by atoms with Gasteiger partial charge in [0.15, 0.2) is 29.8 Å². The zero-order valence-electron chi connectivity index (χ0n) is 84.5. The van der Waals surface area contributed by atoms with E-state index in [0.717, 1.165) is 15.7 Å². The number of hydrogen-bond donors (Lipinski definition) is 35. The second-order valence-electron chi connectivity index (χ2n) is 36.1. The average Bonchev–Trinajstić information content (AvgIpc) is 1.72. The van der Waals surface area contributed by atoms with Crippen molar-refractivity contribution in [3.8, 4) is 11.5 Å². The number of hydrogen-bond acceptors (Lipinski definition) is 27. The highest BCUT2D eigenvalue weighted by atomic mass is 32.1. The van der Waals surface area contributed by atoms with Crippen LogP contribution in [0.5, 0.6) is 11.5 Å². The summed E-state index contributed by atoms with van der Waals surface area (Å²) in [6.45, 7) is -0.129. The monoisotopic (exact) mass is 2140 g/mol. The van der Waals surface area contributed by atoms with Gasteiger partial charge in [-0.25, -0.2) is 14.6 Å². The number of aromatic hydroxyl groups is 2. The minimum absolute atomic E-state index is 0.0131. The van der Waals surface area contributed by atoms with Gasteiger partial charge in [-0.3, -0.25) is 93.6 Å². The lowest BCUT2D eigenvalue weighted by molar-refractivity contribution is -0.143. The number of phenolic OH excluding ortho intramolecular Hbond substituents is 2. The molecular formula is C94H148N34O20S2. The summed E-state index contributed by atoms with van der Waals surface area (Å²) >= 11 is 8.72. The van der Waals surface area contributed by atoms with E-state index < -0.39 is 216 Å². The molecule has 826 valence electrons. The summed E-state index contributed by atoms with van der Waals surface area (Å²) in [6.07, 6.45) is -2.74. The highest BCUT2D eigenvalue weighted by molar-refractivity contribution is 7.80. The van der Waals surface area contributed by atoms with Crippen LogP contribution >= 0.6 is 25.3 Å². The lowest BCUT2D eigenvalue weighted by Gasteiger charge is -2.31. The number of unbranched alkanes of at least 4 members (excludes halogenated alkanes) is 1. The second-order valence-corrected chi connectivity index (χ2v) is 36.8. The molecule has 0 bridgehead atoms. The number of thiol groups is 2. The van der Waals surface area contributed by atoms with Crippen LogP contribution in [-0.4, -0.2) is 337 Å². The molecule has 0 unspecified atom stereocenters. The van der Waals surface area contributed by atoms with E-state index in [1.807, 2.05) is 18.2 Å². The zero-order valence-corrected chi connectivity index (χ0v) is 86.2. The Morgan fingerprint density at radius 1 is 0.380 bits per heavy atom. The molecule has 18 amide bonds. The summed E-state index contributed by atoms with van der Waals surface area (Å²) in [4.78, 5) is 252. The van der Waals surface area contributed by atoms with Crippen LogP contribution in [0, 0.1) is 21.6 Å². The van der Waals surface area contributed by atoms with Gasteiger partial charge < -0.3 is 172 Å². The number of carbonyl (C=O) groups is 17. The summed E-state index contributed by atoms with van der Waals surface area (Å²) in [6, 6.07) is -0.125. The minimum Gasteiger partial charge on any atom is -0.508 e. The first-order chi connectivity index (χ1) is 71.2. The maximum atomic E-state index is 15.3. The molecule has 4 aromatic carbocycles. The molecule has 5 rings (SSSR count). The first-order valence-corrected chi connectivity index (χ1v) is 50.2. The Kier molecular flexibility index (Phi) is 54.8. The van der Waals surface area contributed by atoms with E-state index in [1.165, 1.54) is 48.5 Å². The number of primary amides is 3. The molecule has 0 radical (unpaired) electrons. The van der Waals surface area contributed by atoms with Gasteiger partial charge in [0.05, 0.1) is 0 Å². The summed E-state index contributed by atoms with van der Waals surface area (Å²) in [7, 11) is 6.88. The number of carboxylic acids is 1. The smallest absolute Gasteiger partial charge is 0.312 e. The fourth-order valence-corrected chi connectivity index (χ4v) is 16.4. The Hall–Kier alpha value is -15.7. The van der Waals surface area contributed by atoms with Crippen LogP contribution < -0.4 is 142 Å². The highest BCUT2D eigenvalue weighted by Crippen LogP contribution is 2.24. The average molecular weight is 2140 g/mol. The summed E-state index contributed by atoms with van der Waals surface area (Å²) in [5.41, 5.74) is 45.5. The van der Waals surface area contributed by atoms with Crippen LogP contribution in [0.2, 0.25) is 0 Å². The number of carbonyl (C=O) groups excluding carboxylic acids is 16. The van der Waals surface area contributed by atoms with Gasteiger partial charge in [-0.1, -0.05) is 66.7 Å².